The minimum atomic E-state index is -0.228. The van der Waals surface area contributed by atoms with Crippen LogP contribution in [0.25, 0.3) is 11.0 Å². The van der Waals surface area contributed by atoms with Gasteiger partial charge in [-0.3, -0.25) is 0 Å². The second kappa shape index (κ2) is 7.08. The summed E-state index contributed by atoms with van der Waals surface area (Å²) in [4.78, 5) is 14.7. The smallest absolute Gasteiger partial charge is 0.339 e. The Balaban J connectivity index is 1.69. The van der Waals surface area contributed by atoms with Crippen LogP contribution in [0.4, 0.5) is 5.69 Å². The topological polar surface area (TPSA) is 42.7 Å². The summed E-state index contributed by atoms with van der Waals surface area (Å²) in [5, 5.41) is 1.51. The third kappa shape index (κ3) is 2.97. The lowest BCUT2D eigenvalue weighted by Gasteiger charge is -2.32. The van der Waals surface area contributed by atoms with Gasteiger partial charge in [0.2, 0.25) is 0 Å². The Morgan fingerprint density at radius 2 is 1.82 bits per heavy atom. The first-order valence-electron chi connectivity index (χ1n) is 9.15. The van der Waals surface area contributed by atoms with E-state index in [2.05, 4.69) is 36.8 Å². The maximum absolute atomic E-state index is 12.6. The zero-order valence-electron chi connectivity index (χ0n) is 14.9. The number of rotatable bonds is 1. The van der Waals surface area contributed by atoms with Gasteiger partial charge < -0.3 is 14.1 Å². The van der Waals surface area contributed by atoms with Crippen LogP contribution >= 0.6 is 43.5 Å². The molecule has 0 saturated carbocycles. The lowest BCUT2D eigenvalue weighted by Crippen LogP contribution is -2.32. The van der Waals surface area contributed by atoms with E-state index in [4.69, 9.17) is 20.8 Å². The number of fused-ring (bicyclic) bond motifs is 5. The molecule has 1 aliphatic carbocycles. The Morgan fingerprint density at radius 1 is 1.04 bits per heavy atom. The van der Waals surface area contributed by atoms with Crippen molar-refractivity contribution in [3.05, 3.63) is 65.3 Å². The summed E-state index contributed by atoms with van der Waals surface area (Å²) in [7, 11) is 0. The SMILES string of the molecule is O=c1oc2c3c(c(Cl)cc2c2c1CCCC2)OCN(c1ccc(Br)cc1Br)C3. The fourth-order valence-corrected chi connectivity index (χ4v) is 5.74. The second-order valence-electron chi connectivity index (χ2n) is 7.16. The number of nitrogens with zero attached hydrogens (tertiary/aromatic N) is 1. The average molecular weight is 526 g/mol. The van der Waals surface area contributed by atoms with Gasteiger partial charge in [0, 0.05) is 19.9 Å². The summed E-state index contributed by atoms with van der Waals surface area (Å²) in [6.45, 7) is 0.919. The summed E-state index contributed by atoms with van der Waals surface area (Å²) >= 11 is 13.7. The van der Waals surface area contributed by atoms with E-state index in [1.807, 2.05) is 24.3 Å². The number of benzene rings is 2. The van der Waals surface area contributed by atoms with Crippen molar-refractivity contribution in [2.24, 2.45) is 0 Å². The first kappa shape index (κ1) is 18.5. The standard InChI is InChI=1S/C21H16Br2ClNO3/c22-11-5-6-18(16(23)7-11)25-9-15-19-14(8-17(24)20(15)27-10-25)12-3-1-2-4-13(12)21(26)28-19/h5-8H,1-4,9-10H2. The first-order valence-corrected chi connectivity index (χ1v) is 11.1. The van der Waals surface area contributed by atoms with E-state index in [9.17, 15) is 4.79 Å². The molecule has 5 rings (SSSR count). The Morgan fingerprint density at radius 3 is 2.61 bits per heavy atom. The second-order valence-corrected chi connectivity index (χ2v) is 9.34. The van der Waals surface area contributed by atoms with Crippen LogP contribution in [0, 0.1) is 0 Å². The maximum Gasteiger partial charge on any atom is 0.339 e. The number of hydrogen-bond acceptors (Lipinski definition) is 4. The zero-order chi connectivity index (χ0) is 19.4. The van der Waals surface area contributed by atoms with E-state index in [0.29, 0.717) is 29.6 Å². The minimum Gasteiger partial charge on any atom is -0.471 e. The monoisotopic (exact) mass is 523 g/mol. The van der Waals surface area contributed by atoms with E-state index < -0.39 is 0 Å². The predicted octanol–water partition coefficient (Wildman–Crippen LogP) is 6.21. The zero-order valence-corrected chi connectivity index (χ0v) is 18.8. The van der Waals surface area contributed by atoms with Gasteiger partial charge in [-0.05, 0) is 71.4 Å². The summed E-state index contributed by atoms with van der Waals surface area (Å²) in [5.74, 6) is 0.609. The summed E-state index contributed by atoms with van der Waals surface area (Å²) in [6, 6.07) is 7.90. The van der Waals surface area contributed by atoms with Crippen molar-refractivity contribution in [2.45, 2.75) is 32.2 Å². The summed E-state index contributed by atoms with van der Waals surface area (Å²) in [6.07, 6.45) is 3.76. The molecule has 0 N–H and O–H groups in total. The highest BCUT2D eigenvalue weighted by Gasteiger charge is 2.28. The molecule has 1 aliphatic heterocycles. The summed E-state index contributed by atoms with van der Waals surface area (Å²) in [5.41, 5.74) is 4.09. The van der Waals surface area contributed by atoms with Crippen molar-refractivity contribution < 1.29 is 9.15 Å². The Bertz CT molecular complexity index is 1170. The predicted molar refractivity (Wildman–Crippen MR) is 118 cm³/mol. The molecule has 0 amide bonds. The van der Waals surface area contributed by atoms with Gasteiger partial charge in [0.1, 0.15) is 11.3 Å². The van der Waals surface area contributed by atoms with Gasteiger partial charge in [-0.25, -0.2) is 4.79 Å². The van der Waals surface area contributed by atoms with Gasteiger partial charge in [0.25, 0.3) is 0 Å². The normalized spacial score (nSPS) is 15.9. The van der Waals surface area contributed by atoms with Crippen LogP contribution in [0.1, 0.15) is 29.5 Å². The van der Waals surface area contributed by atoms with E-state index in [-0.39, 0.29) is 5.63 Å². The number of hydrogen-bond donors (Lipinski definition) is 0. The van der Waals surface area contributed by atoms with Crippen LogP contribution in [0.15, 0.2) is 42.4 Å². The average Bonchev–Trinajstić information content (AvgIpc) is 2.69. The van der Waals surface area contributed by atoms with Gasteiger partial charge >= 0.3 is 5.63 Å². The molecular formula is C21H16Br2ClNO3. The Kier molecular flexibility index (Phi) is 4.68. The number of aryl methyl sites for hydroxylation is 1. The van der Waals surface area contributed by atoms with E-state index in [1.54, 1.807) is 0 Å². The lowest BCUT2D eigenvalue weighted by atomic mass is 9.90. The van der Waals surface area contributed by atoms with Crippen molar-refractivity contribution in [3.63, 3.8) is 0 Å². The highest BCUT2D eigenvalue weighted by atomic mass is 79.9. The molecule has 0 unspecified atom stereocenters. The molecule has 2 aliphatic rings. The van der Waals surface area contributed by atoms with Crippen molar-refractivity contribution in [1.29, 1.82) is 0 Å². The molecule has 0 fully saturated rings. The lowest BCUT2D eigenvalue weighted by molar-refractivity contribution is 0.289. The van der Waals surface area contributed by atoms with Crippen LogP contribution in [0.2, 0.25) is 5.02 Å². The molecule has 2 heterocycles. The molecule has 0 saturated heterocycles. The number of ether oxygens (including phenoxy) is 1. The molecule has 1 aromatic heterocycles. The fourth-order valence-electron chi connectivity index (χ4n) is 4.16. The third-order valence-electron chi connectivity index (χ3n) is 5.48. The van der Waals surface area contributed by atoms with Gasteiger partial charge in [0.15, 0.2) is 6.73 Å². The largest absolute Gasteiger partial charge is 0.471 e. The highest BCUT2D eigenvalue weighted by Crippen LogP contribution is 2.42. The fraction of sp³-hybridized carbons (Fsp3) is 0.286. The molecule has 144 valence electrons. The molecule has 0 bridgehead atoms. The van der Waals surface area contributed by atoms with Crippen molar-refractivity contribution >= 4 is 60.1 Å². The molecule has 0 radical (unpaired) electrons. The Hall–Kier alpha value is -1.50. The van der Waals surface area contributed by atoms with Gasteiger partial charge in [-0.15, -0.1) is 0 Å². The van der Waals surface area contributed by atoms with Gasteiger partial charge in [-0.2, -0.15) is 0 Å². The number of halogens is 3. The molecular weight excluding hydrogens is 509 g/mol. The quantitative estimate of drug-likeness (QED) is 0.355. The van der Waals surface area contributed by atoms with E-state index in [1.165, 1.54) is 0 Å². The van der Waals surface area contributed by atoms with Crippen LogP contribution < -0.4 is 15.3 Å². The van der Waals surface area contributed by atoms with Crippen LogP contribution in [-0.2, 0) is 19.4 Å². The van der Waals surface area contributed by atoms with Crippen molar-refractivity contribution in [3.8, 4) is 5.75 Å². The van der Waals surface area contributed by atoms with Crippen LogP contribution in [0.3, 0.4) is 0 Å². The molecule has 28 heavy (non-hydrogen) atoms. The molecule has 2 aromatic carbocycles. The van der Waals surface area contributed by atoms with E-state index in [0.717, 1.165) is 62.4 Å². The van der Waals surface area contributed by atoms with Crippen molar-refractivity contribution in [1.82, 2.24) is 0 Å². The molecule has 7 heteroatoms. The minimum absolute atomic E-state index is 0.228. The first-order chi connectivity index (χ1) is 13.5. The Labute approximate surface area is 183 Å². The van der Waals surface area contributed by atoms with Crippen molar-refractivity contribution in [2.75, 3.05) is 11.6 Å². The molecule has 0 atom stereocenters. The molecule has 0 spiro atoms. The highest BCUT2D eigenvalue weighted by molar-refractivity contribution is 9.11. The van der Waals surface area contributed by atoms with E-state index >= 15 is 0 Å². The third-order valence-corrected chi connectivity index (χ3v) is 6.89. The molecule has 4 nitrogen and oxygen atoms in total. The number of anilines is 1. The maximum atomic E-state index is 12.6. The van der Waals surface area contributed by atoms with Crippen LogP contribution in [0.5, 0.6) is 5.75 Å². The molecule has 3 aromatic rings. The van der Waals surface area contributed by atoms with Gasteiger partial charge in [0.05, 0.1) is 22.8 Å². The summed E-state index contributed by atoms with van der Waals surface area (Å²) < 4.78 is 13.8. The van der Waals surface area contributed by atoms with Crippen LogP contribution in [-0.4, -0.2) is 6.73 Å². The van der Waals surface area contributed by atoms with Gasteiger partial charge in [-0.1, -0.05) is 27.5 Å².